The molecule has 0 aromatic heterocycles. The van der Waals surface area contributed by atoms with Gasteiger partial charge >= 0.3 is 0 Å². The number of hydrogen-bond acceptors (Lipinski definition) is 3. The van der Waals surface area contributed by atoms with Crippen molar-refractivity contribution in [2.24, 2.45) is 0 Å². The minimum Gasteiger partial charge on any atom is -0.507 e. The molecule has 0 fully saturated rings. The molecule has 0 spiro atoms. The Kier molecular flexibility index (Phi) is 2.82. The lowest BCUT2D eigenvalue weighted by Crippen LogP contribution is -1.83. The van der Waals surface area contributed by atoms with Gasteiger partial charge in [0, 0.05) is 5.56 Å². The summed E-state index contributed by atoms with van der Waals surface area (Å²) in [5.74, 6) is 4.62. The van der Waals surface area contributed by atoms with Gasteiger partial charge in [0.15, 0.2) is 12.6 Å². The van der Waals surface area contributed by atoms with Crippen LogP contribution in [-0.2, 0) is 4.79 Å². The standard InChI is InChI=1S/C10H6O3/c11-5-1-2-8-3-4-10(13)9(6-8)7-12/h3-7,13H. The van der Waals surface area contributed by atoms with Gasteiger partial charge in [-0.2, -0.15) is 0 Å². The number of benzene rings is 1. The number of aromatic hydroxyl groups is 1. The number of carbonyl (C=O) groups is 2. The predicted octanol–water partition coefficient (Wildman–Crippen LogP) is 0.755. The molecule has 0 heterocycles. The number of phenols is 1. The monoisotopic (exact) mass is 174 g/mol. The van der Waals surface area contributed by atoms with Gasteiger partial charge in [-0.3, -0.25) is 9.59 Å². The molecule has 0 radical (unpaired) electrons. The lowest BCUT2D eigenvalue weighted by Gasteiger charge is -1.96. The lowest BCUT2D eigenvalue weighted by atomic mass is 10.1. The average Bonchev–Trinajstić information content (AvgIpc) is 2.16. The van der Waals surface area contributed by atoms with Crippen molar-refractivity contribution >= 4 is 12.6 Å². The van der Waals surface area contributed by atoms with Gasteiger partial charge in [-0.1, -0.05) is 5.92 Å². The summed E-state index contributed by atoms with van der Waals surface area (Å²) in [4.78, 5) is 20.3. The third kappa shape index (κ3) is 2.17. The zero-order chi connectivity index (χ0) is 9.68. The highest BCUT2D eigenvalue weighted by atomic mass is 16.3. The van der Waals surface area contributed by atoms with E-state index < -0.39 is 0 Å². The lowest BCUT2D eigenvalue weighted by molar-refractivity contribution is -0.103. The second kappa shape index (κ2) is 4.07. The summed E-state index contributed by atoms with van der Waals surface area (Å²) < 4.78 is 0. The van der Waals surface area contributed by atoms with E-state index >= 15 is 0 Å². The van der Waals surface area contributed by atoms with E-state index in [1.807, 2.05) is 0 Å². The maximum absolute atomic E-state index is 10.4. The van der Waals surface area contributed by atoms with E-state index in [4.69, 9.17) is 5.11 Å². The Morgan fingerprint density at radius 1 is 1.31 bits per heavy atom. The van der Waals surface area contributed by atoms with Gasteiger partial charge in [0.2, 0.25) is 0 Å². The van der Waals surface area contributed by atoms with E-state index in [2.05, 4.69) is 11.8 Å². The summed E-state index contributed by atoms with van der Waals surface area (Å²) in [6, 6.07) is 4.30. The van der Waals surface area contributed by atoms with Crippen molar-refractivity contribution in [1.82, 2.24) is 0 Å². The van der Waals surface area contributed by atoms with E-state index in [1.165, 1.54) is 18.2 Å². The highest BCUT2D eigenvalue weighted by molar-refractivity contribution is 5.80. The predicted molar refractivity (Wildman–Crippen MR) is 46.4 cm³/mol. The third-order valence-electron chi connectivity index (χ3n) is 1.43. The molecular weight excluding hydrogens is 168 g/mol. The van der Waals surface area contributed by atoms with Crippen LogP contribution in [0.5, 0.6) is 5.75 Å². The normalized spacial score (nSPS) is 8.31. The molecule has 1 N–H and O–H groups in total. The number of aldehydes is 2. The van der Waals surface area contributed by atoms with Gasteiger partial charge in [0.1, 0.15) is 5.75 Å². The Hall–Kier alpha value is -2.08. The smallest absolute Gasteiger partial charge is 0.193 e. The second-order valence-electron chi connectivity index (χ2n) is 2.28. The average molecular weight is 174 g/mol. The van der Waals surface area contributed by atoms with Gasteiger partial charge in [-0.15, -0.1) is 0 Å². The van der Waals surface area contributed by atoms with Gasteiger partial charge < -0.3 is 5.11 Å². The van der Waals surface area contributed by atoms with Crippen molar-refractivity contribution in [2.75, 3.05) is 0 Å². The molecular formula is C10H6O3. The number of phenolic OH excluding ortho intramolecular Hbond substituents is 1. The molecule has 0 unspecified atom stereocenters. The van der Waals surface area contributed by atoms with E-state index in [-0.39, 0.29) is 11.3 Å². The molecule has 3 heteroatoms. The van der Waals surface area contributed by atoms with Gasteiger partial charge in [-0.25, -0.2) is 0 Å². The van der Waals surface area contributed by atoms with Crippen LogP contribution in [0.1, 0.15) is 15.9 Å². The zero-order valence-electron chi connectivity index (χ0n) is 6.65. The van der Waals surface area contributed by atoms with Crippen LogP contribution in [0.3, 0.4) is 0 Å². The van der Waals surface area contributed by atoms with Crippen LogP contribution in [-0.4, -0.2) is 17.7 Å². The van der Waals surface area contributed by atoms with Crippen molar-refractivity contribution in [3.05, 3.63) is 29.3 Å². The first-order chi connectivity index (χ1) is 6.27. The van der Waals surface area contributed by atoms with Gasteiger partial charge in [0.05, 0.1) is 5.56 Å². The minimum atomic E-state index is -0.0911. The molecule has 3 nitrogen and oxygen atoms in total. The van der Waals surface area contributed by atoms with Crippen LogP contribution in [0, 0.1) is 11.8 Å². The topological polar surface area (TPSA) is 54.4 Å². The van der Waals surface area contributed by atoms with Crippen LogP contribution in [0.25, 0.3) is 0 Å². The Morgan fingerprint density at radius 3 is 2.69 bits per heavy atom. The molecule has 13 heavy (non-hydrogen) atoms. The van der Waals surface area contributed by atoms with Crippen LogP contribution >= 0.6 is 0 Å². The van der Waals surface area contributed by atoms with Crippen molar-refractivity contribution in [3.63, 3.8) is 0 Å². The first-order valence-electron chi connectivity index (χ1n) is 3.51. The third-order valence-corrected chi connectivity index (χ3v) is 1.43. The molecule has 1 rings (SSSR count). The zero-order valence-corrected chi connectivity index (χ0v) is 6.65. The number of carbonyl (C=O) groups excluding carboxylic acids is 2. The maximum Gasteiger partial charge on any atom is 0.193 e. The molecule has 64 valence electrons. The van der Waals surface area contributed by atoms with Crippen LogP contribution in [0.15, 0.2) is 18.2 Å². The van der Waals surface area contributed by atoms with E-state index in [1.54, 1.807) is 0 Å². The Balaban J connectivity index is 3.13. The van der Waals surface area contributed by atoms with Crippen molar-refractivity contribution in [3.8, 4) is 17.6 Å². The van der Waals surface area contributed by atoms with E-state index in [0.717, 1.165) is 0 Å². The fourth-order valence-corrected chi connectivity index (χ4v) is 0.839. The molecule has 0 saturated carbocycles. The second-order valence-corrected chi connectivity index (χ2v) is 2.28. The summed E-state index contributed by atoms with van der Waals surface area (Å²) >= 11 is 0. The highest BCUT2D eigenvalue weighted by Crippen LogP contribution is 2.15. The van der Waals surface area contributed by atoms with Crippen LogP contribution < -0.4 is 0 Å². The molecule has 1 aromatic carbocycles. The van der Waals surface area contributed by atoms with E-state index in [9.17, 15) is 9.59 Å². The SMILES string of the molecule is O=CC#Cc1ccc(O)c(C=O)c1. The first kappa shape index (κ1) is 9.01. The molecule has 0 aliphatic heterocycles. The van der Waals surface area contributed by atoms with Gasteiger partial charge in [0.25, 0.3) is 0 Å². The highest BCUT2D eigenvalue weighted by Gasteiger charge is 1.98. The largest absolute Gasteiger partial charge is 0.507 e. The summed E-state index contributed by atoms with van der Waals surface area (Å²) in [5, 5.41) is 9.11. The molecule has 0 bridgehead atoms. The fraction of sp³-hybridized carbons (Fsp3) is 0. The van der Waals surface area contributed by atoms with Crippen LogP contribution in [0.4, 0.5) is 0 Å². The minimum absolute atomic E-state index is 0.0911. The summed E-state index contributed by atoms with van der Waals surface area (Å²) in [6.45, 7) is 0. The maximum atomic E-state index is 10.4. The molecule has 0 saturated heterocycles. The summed E-state index contributed by atoms with van der Waals surface area (Å²) in [7, 11) is 0. The molecule has 0 amide bonds. The van der Waals surface area contributed by atoms with Gasteiger partial charge in [-0.05, 0) is 24.1 Å². The van der Waals surface area contributed by atoms with Crippen LogP contribution in [0.2, 0.25) is 0 Å². The quantitative estimate of drug-likeness (QED) is 0.505. The molecule has 1 aromatic rings. The Morgan fingerprint density at radius 2 is 2.08 bits per heavy atom. The molecule has 0 aliphatic carbocycles. The first-order valence-corrected chi connectivity index (χ1v) is 3.51. The molecule has 0 aliphatic rings. The van der Waals surface area contributed by atoms with Crippen molar-refractivity contribution < 1.29 is 14.7 Å². The molecule has 0 atom stereocenters. The Labute approximate surface area is 75.0 Å². The number of hydrogen-bond donors (Lipinski definition) is 1. The Bertz CT molecular complexity index is 396. The van der Waals surface area contributed by atoms with E-state index in [0.29, 0.717) is 18.1 Å². The van der Waals surface area contributed by atoms with Crippen molar-refractivity contribution in [1.29, 1.82) is 0 Å². The number of rotatable bonds is 1. The fourth-order valence-electron chi connectivity index (χ4n) is 0.839. The summed E-state index contributed by atoms with van der Waals surface area (Å²) in [6.07, 6.45) is 0.995. The summed E-state index contributed by atoms with van der Waals surface area (Å²) in [5.41, 5.74) is 0.685. The van der Waals surface area contributed by atoms with Crippen molar-refractivity contribution in [2.45, 2.75) is 0 Å².